The quantitative estimate of drug-likeness (QED) is 0.902. The molecule has 0 bridgehead atoms. The van der Waals surface area contributed by atoms with Crippen molar-refractivity contribution in [1.82, 2.24) is 0 Å². The molecule has 2 aromatic rings. The van der Waals surface area contributed by atoms with Crippen LogP contribution in [0.5, 0.6) is 23.0 Å². The van der Waals surface area contributed by atoms with E-state index in [9.17, 15) is 15.0 Å². The number of aromatic hydroxyl groups is 1. The van der Waals surface area contributed by atoms with Crippen molar-refractivity contribution in [2.75, 3.05) is 14.2 Å². The average Bonchev–Trinajstić information content (AvgIpc) is 2.57. The van der Waals surface area contributed by atoms with E-state index in [1.165, 1.54) is 19.2 Å². The summed E-state index contributed by atoms with van der Waals surface area (Å²) in [6, 6.07) is 9.68. The molecule has 0 fully saturated rings. The molecule has 0 spiro atoms. The molecule has 2 atom stereocenters. The van der Waals surface area contributed by atoms with Crippen LogP contribution in [0.4, 0.5) is 0 Å². The van der Waals surface area contributed by atoms with Crippen molar-refractivity contribution in [1.29, 1.82) is 0 Å². The lowest BCUT2D eigenvalue weighted by molar-refractivity contribution is 0.0210. The Hall–Kier alpha value is -2.73. The Labute approximate surface area is 132 Å². The lowest BCUT2D eigenvalue weighted by Crippen LogP contribution is -2.36. The number of Topliss-reactive ketones (excluding diaryl/α,β-unsaturated/α-hetero) is 1. The molecule has 0 aliphatic carbocycles. The number of phenolic OH excluding ortho intramolecular Hbond substituents is 1. The number of aliphatic hydroxyl groups is 1. The third-order valence-corrected chi connectivity index (χ3v) is 3.79. The number of methoxy groups -OCH3 is 2. The molecule has 0 aromatic heterocycles. The summed E-state index contributed by atoms with van der Waals surface area (Å²) in [7, 11) is 3.00. The van der Waals surface area contributed by atoms with Gasteiger partial charge in [-0.05, 0) is 17.7 Å². The molecule has 0 saturated carbocycles. The van der Waals surface area contributed by atoms with E-state index < -0.39 is 18.0 Å². The largest absolute Gasteiger partial charge is 0.507 e. The maximum absolute atomic E-state index is 12.4. The molecular weight excluding hydrogens is 300 g/mol. The monoisotopic (exact) mass is 316 g/mol. The molecule has 6 heteroatoms. The number of aliphatic hydroxyl groups excluding tert-OH is 1. The van der Waals surface area contributed by atoms with E-state index >= 15 is 0 Å². The van der Waals surface area contributed by atoms with Crippen molar-refractivity contribution in [3.63, 3.8) is 0 Å². The van der Waals surface area contributed by atoms with E-state index in [0.29, 0.717) is 17.1 Å². The highest BCUT2D eigenvalue weighted by atomic mass is 16.5. The van der Waals surface area contributed by atoms with E-state index in [2.05, 4.69) is 0 Å². The highest BCUT2D eigenvalue weighted by Crippen LogP contribution is 2.42. The molecule has 0 saturated heterocycles. The molecule has 3 rings (SSSR count). The molecule has 23 heavy (non-hydrogen) atoms. The fourth-order valence-electron chi connectivity index (χ4n) is 2.57. The summed E-state index contributed by atoms with van der Waals surface area (Å²) in [5.41, 5.74) is 0.586. The Morgan fingerprint density at radius 3 is 2.30 bits per heavy atom. The van der Waals surface area contributed by atoms with E-state index in [1.54, 1.807) is 31.4 Å². The van der Waals surface area contributed by atoms with Gasteiger partial charge >= 0.3 is 0 Å². The van der Waals surface area contributed by atoms with Crippen LogP contribution in [0.15, 0.2) is 36.4 Å². The first-order valence-corrected chi connectivity index (χ1v) is 6.99. The van der Waals surface area contributed by atoms with Crippen molar-refractivity contribution in [2.24, 2.45) is 0 Å². The highest BCUT2D eigenvalue weighted by Gasteiger charge is 2.39. The van der Waals surface area contributed by atoms with Gasteiger partial charge in [-0.1, -0.05) is 12.1 Å². The van der Waals surface area contributed by atoms with Gasteiger partial charge in [-0.3, -0.25) is 4.79 Å². The normalized spacial score (nSPS) is 19.7. The van der Waals surface area contributed by atoms with E-state index in [4.69, 9.17) is 14.2 Å². The van der Waals surface area contributed by atoms with Crippen molar-refractivity contribution >= 4 is 5.78 Å². The molecule has 1 heterocycles. The zero-order valence-corrected chi connectivity index (χ0v) is 12.6. The predicted molar refractivity (Wildman–Crippen MR) is 81.4 cm³/mol. The number of ketones is 1. The third-order valence-electron chi connectivity index (χ3n) is 3.79. The minimum absolute atomic E-state index is 0.0388. The van der Waals surface area contributed by atoms with Crippen LogP contribution in [-0.4, -0.2) is 36.3 Å². The first kappa shape index (κ1) is 15.2. The summed E-state index contributed by atoms with van der Waals surface area (Å²) in [4.78, 5) is 12.4. The number of hydrogen-bond donors (Lipinski definition) is 2. The summed E-state index contributed by atoms with van der Waals surface area (Å²) >= 11 is 0. The van der Waals surface area contributed by atoms with E-state index in [1.807, 2.05) is 0 Å². The second-order valence-corrected chi connectivity index (χ2v) is 5.14. The SMILES string of the molecule is COc1ccc([C@H]2Oc3cc(OC)cc(O)c3C(=O)[C@@H]2O)cc1. The summed E-state index contributed by atoms with van der Waals surface area (Å²) in [6.07, 6.45) is -2.28. The number of phenols is 1. The number of carbonyl (C=O) groups is 1. The molecule has 120 valence electrons. The smallest absolute Gasteiger partial charge is 0.202 e. The van der Waals surface area contributed by atoms with Crippen molar-refractivity contribution in [3.8, 4) is 23.0 Å². The molecule has 0 amide bonds. The second kappa shape index (κ2) is 5.81. The van der Waals surface area contributed by atoms with Crippen LogP contribution in [0, 0.1) is 0 Å². The molecule has 0 unspecified atom stereocenters. The Bertz CT molecular complexity index is 737. The lowest BCUT2D eigenvalue weighted by atomic mass is 9.93. The molecule has 6 nitrogen and oxygen atoms in total. The lowest BCUT2D eigenvalue weighted by Gasteiger charge is -2.30. The standard InChI is InChI=1S/C17H16O6/c1-21-10-5-3-9(4-6-10)17-16(20)15(19)14-12(18)7-11(22-2)8-13(14)23-17/h3-8,16-18,20H,1-2H3/t16-,17+/m0/s1. The number of hydrogen-bond acceptors (Lipinski definition) is 6. The fourth-order valence-corrected chi connectivity index (χ4v) is 2.57. The molecule has 0 radical (unpaired) electrons. The highest BCUT2D eigenvalue weighted by molar-refractivity contribution is 6.05. The van der Waals surface area contributed by atoms with Crippen molar-refractivity contribution in [3.05, 3.63) is 47.5 Å². The van der Waals surface area contributed by atoms with Gasteiger partial charge in [0.15, 0.2) is 12.2 Å². The number of rotatable bonds is 3. The van der Waals surface area contributed by atoms with Crippen molar-refractivity contribution in [2.45, 2.75) is 12.2 Å². The minimum Gasteiger partial charge on any atom is -0.507 e. The van der Waals surface area contributed by atoms with Gasteiger partial charge in [0.25, 0.3) is 0 Å². The van der Waals surface area contributed by atoms with Crippen LogP contribution >= 0.6 is 0 Å². The Morgan fingerprint density at radius 1 is 1.04 bits per heavy atom. The van der Waals surface area contributed by atoms with Crippen LogP contribution < -0.4 is 14.2 Å². The van der Waals surface area contributed by atoms with Gasteiger partial charge in [0, 0.05) is 12.1 Å². The first-order valence-electron chi connectivity index (χ1n) is 6.99. The minimum atomic E-state index is -1.41. The zero-order chi connectivity index (χ0) is 16.6. The molecule has 1 aliphatic heterocycles. The van der Waals surface area contributed by atoms with Crippen LogP contribution in [0.3, 0.4) is 0 Å². The predicted octanol–water partition coefficient (Wildman–Crippen LogP) is 2.09. The number of ether oxygens (including phenoxy) is 3. The van der Waals surface area contributed by atoms with E-state index in [-0.39, 0.29) is 17.1 Å². The number of carbonyl (C=O) groups excluding carboxylic acids is 1. The Kier molecular flexibility index (Phi) is 3.83. The van der Waals surface area contributed by atoms with Crippen LogP contribution in [0.1, 0.15) is 22.0 Å². The average molecular weight is 316 g/mol. The molecule has 2 N–H and O–H groups in total. The molecular formula is C17H16O6. The fraction of sp³-hybridized carbons (Fsp3) is 0.235. The van der Waals surface area contributed by atoms with Gasteiger partial charge in [-0.25, -0.2) is 0 Å². The van der Waals surface area contributed by atoms with Gasteiger partial charge in [-0.15, -0.1) is 0 Å². The summed E-state index contributed by atoms with van der Waals surface area (Å²) in [5.74, 6) is 0.325. The van der Waals surface area contributed by atoms with Gasteiger partial charge < -0.3 is 24.4 Å². The van der Waals surface area contributed by atoms with E-state index in [0.717, 1.165) is 0 Å². The van der Waals surface area contributed by atoms with Gasteiger partial charge in [-0.2, -0.15) is 0 Å². The molecule has 1 aliphatic rings. The topological polar surface area (TPSA) is 85.2 Å². The maximum atomic E-state index is 12.4. The van der Waals surface area contributed by atoms with Crippen LogP contribution in [0.25, 0.3) is 0 Å². The summed E-state index contributed by atoms with van der Waals surface area (Å²) in [6.45, 7) is 0. The zero-order valence-electron chi connectivity index (χ0n) is 12.6. The number of fused-ring (bicyclic) bond motifs is 1. The first-order chi connectivity index (χ1) is 11.0. The van der Waals surface area contributed by atoms with Crippen LogP contribution in [-0.2, 0) is 0 Å². The van der Waals surface area contributed by atoms with Crippen LogP contribution in [0.2, 0.25) is 0 Å². The van der Waals surface area contributed by atoms with Crippen molar-refractivity contribution < 1.29 is 29.2 Å². The third kappa shape index (κ3) is 2.57. The van der Waals surface area contributed by atoms with Gasteiger partial charge in [0.05, 0.1) is 14.2 Å². The summed E-state index contributed by atoms with van der Waals surface area (Å²) in [5, 5.41) is 20.2. The van der Waals surface area contributed by atoms with Gasteiger partial charge in [0.1, 0.15) is 28.6 Å². The maximum Gasteiger partial charge on any atom is 0.202 e. The second-order valence-electron chi connectivity index (χ2n) is 5.14. The number of benzene rings is 2. The summed E-state index contributed by atoms with van der Waals surface area (Å²) < 4.78 is 15.9. The Morgan fingerprint density at radius 2 is 1.70 bits per heavy atom. The Balaban J connectivity index is 2.02. The molecule has 2 aromatic carbocycles. The van der Waals surface area contributed by atoms with Gasteiger partial charge in [0.2, 0.25) is 5.78 Å².